The summed E-state index contributed by atoms with van der Waals surface area (Å²) < 4.78 is 32.6. The van der Waals surface area contributed by atoms with Crippen LogP contribution >= 0.6 is 23.1 Å². The van der Waals surface area contributed by atoms with Crippen molar-refractivity contribution in [3.8, 4) is 0 Å². The number of hydrogen-bond acceptors (Lipinski definition) is 7. The van der Waals surface area contributed by atoms with E-state index in [2.05, 4.69) is 15.3 Å². The van der Waals surface area contributed by atoms with E-state index in [0.29, 0.717) is 29.6 Å². The number of para-hydroxylation sites is 1. The summed E-state index contributed by atoms with van der Waals surface area (Å²) >= 11 is 2.76. The van der Waals surface area contributed by atoms with E-state index in [1.807, 2.05) is 25.1 Å². The number of aliphatic imine (C=N–C) groups is 1. The van der Waals surface area contributed by atoms with Crippen LogP contribution in [-0.2, 0) is 19.6 Å². The lowest BCUT2D eigenvalue weighted by Crippen LogP contribution is -2.36. The van der Waals surface area contributed by atoms with Crippen LogP contribution in [0.3, 0.4) is 0 Å². The molecule has 1 amide bonds. The number of ether oxygens (including phenoxy) is 1. The molecule has 176 valence electrons. The number of nitrogens with zero attached hydrogens (tertiary/aromatic N) is 2. The molecule has 33 heavy (non-hydrogen) atoms. The number of fused-ring (bicyclic) bond motifs is 1. The largest absolute Gasteiger partial charge is 0.383 e. The fraction of sp³-hybridized carbons (Fsp3) is 0.364. The Hall–Kier alpha value is -2.34. The summed E-state index contributed by atoms with van der Waals surface area (Å²) in [7, 11) is -0.484. The molecular weight excluding hydrogens is 480 g/mol. The molecule has 0 spiro atoms. The number of aromatic amines is 1. The fourth-order valence-corrected chi connectivity index (χ4v) is 7.12. The smallest absolute Gasteiger partial charge is 0.273 e. The van der Waals surface area contributed by atoms with Crippen LogP contribution in [0.2, 0.25) is 0 Å². The summed E-state index contributed by atoms with van der Waals surface area (Å²) in [5.41, 5.74) is 2.12. The highest BCUT2D eigenvalue weighted by Crippen LogP contribution is 2.35. The first-order valence-electron chi connectivity index (χ1n) is 10.4. The number of rotatable bonds is 9. The highest BCUT2D eigenvalue weighted by Gasteiger charge is 2.31. The third-order valence-corrected chi connectivity index (χ3v) is 10.1. The molecule has 8 nitrogen and oxygen atoms in total. The Kier molecular flexibility index (Phi) is 7.13. The first-order chi connectivity index (χ1) is 15.8. The van der Waals surface area contributed by atoms with Gasteiger partial charge in [-0.25, -0.2) is 8.42 Å². The molecule has 0 bridgehead atoms. The number of anilines is 1. The van der Waals surface area contributed by atoms with E-state index < -0.39 is 10.0 Å². The van der Waals surface area contributed by atoms with Gasteiger partial charge in [-0.15, -0.1) is 11.3 Å². The number of carbonyl (C=O) groups is 1. The van der Waals surface area contributed by atoms with Crippen molar-refractivity contribution in [3.05, 3.63) is 47.5 Å². The lowest BCUT2D eigenvalue weighted by atomic mass is 10.1. The molecule has 2 unspecified atom stereocenters. The number of benzene rings is 1. The maximum absolute atomic E-state index is 13.0. The predicted octanol–water partition coefficient (Wildman–Crippen LogP) is 3.32. The Morgan fingerprint density at radius 2 is 2.18 bits per heavy atom. The van der Waals surface area contributed by atoms with Gasteiger partial charge in [0.25, 0.3) is 10.0 Å². The second-order valence-electron chi connectivity index (χ2n) is 7.70. The predicted molar refractivity (Wildman–Crippen MR) is 135 cm³/mol. The van der Waals surface area contributed by atoms with Gasteiger partial charge in [0.05, 0.1) is 30.0 Å². The van der Waals surface area contributed by atoms with Gasteiger partial charge in [-0.3, -0.25) is 14.1 Å². The van der Waals surface area contributed by atoms with E-state index in [-0.39, 0.29) is 17.1 Å². The van der Waals surface area contributed by atoms with Crippen molar-refractivity contribution in [3.63, 3.8) is 0 Å². The normalized spacial score (nSPS) is 17.2. The molecule has 0 aliphatic carbocycles. The van der Waals surface area contributed by atoms with Crippen LogP contribution in [0.25, 0.3) is 10.9 Å². The standard InChI is InChI=1S/C22H26N4O4S3/c1-14(21(27)23-9-10-30-3)18-13-24-22(32-18)16-12-15-6-4-7-17(20(15)25-16)26(2)33(28,29)19-8-5-11-31-19/h4-8,11-12,14,18,25H,9-10,13H2,1-3H3,(H,23,27). The van der Waals surface area contributed by atoms with E-state index in [0.717, 1.165) is 21.6 Å². The van der Waals surface area contributed by atoms with Gasteiger partial charge in [0.1, 0.15) is 9.25 Å². The second-order valence-corrected chi connectivity index (χ2v) is 12.1. The molecule has 1 aliphatic rings. The molecule has 4 rings (SSSR count). The third-order valence-electron chi connectivity index (χ3n) is 5.57. The first kappa shape index (κ1) is 23.8. The van der Waals surface area contributed by atoms with E-state index in [1.165, 1.54) is 15.6 Å². The molecular formula is C22H26N4O4S3. The van der Waals surface area contributed by atoms with Gasteiger partial charge in [-0.1, -0.05) is 36.9 Å². The SMILES string of the molecule is COCCNC(=O)C(C)C1CN=C(c2cc3cccc(N(C)S(=O)(=O)c4cccs4)c3[nH]2)S1. The van der Waals surface area contributed by atoms with Crippen LogP contribution in [0, 0.1) is 5.92 Å². The van der Waals surface area contributed by atoms with Gasteiger partial charge < -0.3 is 15.0 Å². The molecule has 3 heterocycles. The van der Waals surface area contributed by atoms with E-state index in [1.54, 1.807) is 49.5 Å². The minimum atomic E-state index is -3.65. The van der Waals surface area contributed by atoms with Crippen molar-refractivity contribution in [2.75, 3.05) is 38.2 Å². The van der Waals surface area contributed by atoms with Crippen LogP contribution in [-0.4, -0.2) is 63.5 Å². The number of thiophene rings is 1. The number of amides is 1. The Morgan fingerprint density at radius 1 is 1.36 bits per heavy atom. The van der Waals surface area contributed by atoms with Gasteiger partial charge in [0.15, 0.2) is 0 Å². The fourth-order valence-electron chi connectivity index (χ4n) is 3.60. The summed E-state index contributed by atoms with van der Waals surface area (Å²) in [5.74, 6) is -0.213. The molecule has 2 aromatic heterocycles. The molecule has 0 saturated heterocycles. The molecule has 0 saturated carbocycles. The highest BCUT2D eigenvalue weighted by atomic mass is 32.2. The van der Waals surface area contributed by atoms with Crippen molar-refractivity contribution >= 4 is 60.7 Å². The molecule has 3 aromatic rings. The first-order valence-corrected chi connectivity index (χ1v) is 13.6. The Morgan fingerprint density at radius 3 is 2.91 bits per heavy atom. The quantitative estimate of drug-likeness (QED) is 0.434. The third kappa shape index (κ3) is 4.81. The zero-order valence-electron chi connectivity index (χ0n) is 18.6. The summed E-state index contributed by atoms with van der Waals surface area (Å²) in [4.78, 5) is 20.4. The van der Waals surface area contributed by atoms with Crippen molar-refractivity contribution in [2.24, 2.45) is 10.9 Å². The molecule has 1 aromatic carbocycles. The molecule has 0 radical (unpaired) electrons. The zero-order chi connectivity index (χ0) is 23.6. The highest BCUT2D eigenvalue weighted by molar-refractivity contribution is 8.15. The van der Waals surface area contributed by atoms with Crippen LogP contribution in [0.4, 0.5) is 5.69 Å². The van der Waals surface area contributed by atoms with Crippen molar-refractivity contribution < 1.29 is 17.9 Å². The van der Waals surface area contributed by atoms with Gasteiger partial charge in [-0.2, -0.15) is 0 Å². The topological polar surface area (TPSA) is 104 Å². The average molecular weight is 507 g/mol. The lowest BCUT2D eigenvalue weighted by Gasteiger charge is -2.19. The van der Waals surface area contributed by atoms with Crippen molar-refractivity contribution in [1.29, 1.82) is 0 Å². The number of carbonyl (C=O) groups excluding carboxylic acids is 1. The Labute approximate surface area is 201 Å². The van der Waals surface area contributed by atoms with Gasteiger partial charge in [-0.05, 0) is 23.6 Å². The van der Waals surface area contributed by atoms with E-state index >= 15 is 0 Å². The molecule has 2 N–H and O–H groups in total. The number of thioether (sulfide) groups is 1. The summed E-state index contributed by atoms with van der Waals surface area (Å²) in [6.45, 7) is 3.42. The number of sulfonamides is 1. The lowest BCUT2D eigenvalue weighted by molar-refractivity contribution is -0.124. The number of H-pyrrole nitrogens is 1. The van der Waals surface area contributed by atoms with Crippen LogP contribution < -0.4 is 9.62 Å². The summed E-state index contributed by atoms with van der Waals surface area (Å²) in [6, 6.07) is 10.9. The van der Waals surface area contributed by atoms with E-state index in [4.69, 9.17) is 4.74 Å². The van der Waals surface area contributed by atoms with Crippen molar-refractivity contribution in [2.45, 2.75) is 16.4 Å². The Bertz CT molecular complexity index is 1270. The maximum atomic E-state index is 13.0. The van der Waals surface area contributed by atoms with Gasteiger partial charge in [0.2, 0.25) is 5.91 Å². The number of nitrogens with one attached hydrogen (secondary N) is 2. The van der Waals surface area contributed by atoms with Crippen LogP contribution in [0.5, 0.6) is 0 Å². The Balaban J connectivity index is 1.53. The molecule has 2 atom stereocenters. The number of methoxy groups -OCH3 is 1. The molecule has 11 heteroatoms. The second kappa shape index (κ2) is 9.88. The summed E-state index contributed by atoms with van der Waals surface area (Å²) in [6.07, 6.45) is 0. The molecule has 0 fully saturated rings. The van der Waals surface area contributed by atoms with E-state index in [9.17, 15) is 13.2 Å². The molecule has 1 aliphatic heterocycles. The maximum Gasteiger partial charge on any atom is 0.273 e. The van der Waals surface area contributed by atoms with Crippen molar-refractivity contribution in [1.82, 2.24) is 10.3 Å². The van der Waals surface area contributed by atoms with Crippen LogP contribution in [0.15, 0.2) is 51.0 Å². The minimum Gasteiger partial charge on any atom is -0.383 e. The summed E-state index contributed by atoms with van der Waals surface area (Å²) in [5, 5.41) is 6.39. The zero-order valence-corrected chi connectivity index (χ0v) is 21.0. The number of aromatic nitrogens is 1. The minimum absolute atomic E-state index is 0.0136. The van der Waals surface area contributed by atoms with Gasteiger partial charge >= 0.3 is 0 Å². The van der Waals surface area contributed by atoms with Crippen LogP contribution in [0.1, 0.15) is 12.6 Å². The average Bonchev–Trinajstić information content (AvgIpc) is 3.57. The monoisotopic (exact) mass is 506 g/mol. The van der Waals surface area contributed by atoms with Gasteiger partial charge in [0, 0.05) is 37.3 Å². The number of hydrogen-bond donors (Lipinski definition) is 2.